The van der Waals surface area contributed by atoms with Crippen molar-refractivity contribution in [2.75, 3.05) is 0 Å². The van der Waals surface area contributed by atoms with E-state index in [1.165, 1.54) is 31.3 Å². The zero-order valence-electron chi connectivity index (χ0n) is 14.3. The van der Waals surface area contributed by atoms with Crippen LogP contribution in [0.25, 0.3) is 0 Å². The number of rotatable bonds is 5. The predicted molar refractivity (Wildman–Crippen MR) is 97.1 cm³/mol. The molecule has 0 aliphatic carbocycles. The molecule has 0 saturated carbocycles. The van der Waals surface area contributed by atoms with Gasteiger partial charge >= 0.3 is 0 Å². The van der Waals surface area contributed by atoms with Gasteiger partial charge in [0, 0.05) is 24.9 Å². The molecule has 26 heavy (non-hydrogen) atoms. The lowest BCUT2D eigenvalue weighted by atomic mass is 10.1. The van der Waals surface area contributed by atoms with Crippen molar-refractivity contribution in [3.05, 3.63) is 73.6 Å². The molecule has 132 valence electrons. The molecule has 8 heteroatoms. The molecule has 8 nitrogen and oxygen atoms in total. The minimum Gasteiger partial charge on any atom is -0.494 e. The molecule has 0 aliphatic rings. The van der Waals surface area contributed by atoms with Gasteiger partial charge in [-0.05, 0) is 25.0 Å². The molecule has 1 aromatic heterocycles. The van der Waals surface area contributed by atoms with E-state index in [2.05, 4.69) is 11.6 Å². The lowest BCUT2D eigenvalue weighted by Crippen LogP contribution is -2.24. The van der Waals surface area contributed by atoms with Gasteiger partial charge in [0.05, 0.1) is 16.2 Å². The van der Waals surface area contributed by atoms with Crippen molar-refractivity contribution < 1.29 is 10.0 Å². The van der Waals surface area contributed by atoms with E-state index in [0.717, 1.165) is 4.57 Å². The van der Waals surface area contributed by atoms with Gasteiger partial charge < -0.3 is 5.11 Å². The van der Waals surface area contributed by atoms with Crippen LogP contribution in [0.1, 0.15) is 22.3 Å². The molecule has 0 fully saturated rings. The first kappa shape index (κ1) is 18.6. The van der Waals surface area contributed by atoms with Crippen molar-refractivity contribution in [2.24, 2.45) is 4.99 Å². The largest absolute Gasteiger partial charge is 0.494 e. The van der Waals surface area contributed by atoms with Crippen LogP contribution in [-0.4, -0.2) is 20.8 Å². The molecule has 2 aromatic rings. The Hall–Kier alpha value is -3.73. The Morgan fingerprint density at radius 3 is 2.73 bits per heavy atom. The number of hydrogen-bond acceptors (Lipinski definition) is 6. The summed E-state index contributed by atoms with van der Waals surface area (Å²) in [7, 11) is 0. The van der Waals surface area contributed by atoms with Crippen molar-refractivity contribution in [3.8, 4) is 11.9 Å². The van der Waals surface area contributed by atoms with Gasteiger partial charge in [0.15, 0.2) is 0 Å². The second kappa shape index (κ2) is 7.44. The van der Waals surface area contributed by atoms with E-state index < -0.39 is 10.5 Å². The number of aliphatic imine (C=N–C) groups is 1. The Kier molecular flexibility index (Phi) is 5.33. The van der Waals surface area contributed by atoms with E-state index in [-0.39, 0.29) is 34.8 Å². The number of nitro groups is 1. The molecule has 1 heterocycles. The minimum absolute atomic E-state index is 0.0241. The summed E-state index contributed by atoms with van der Waals surface area (Å²) in [5.41, 5.74) is 0.670. The molecule has 1 N–H and O–H groups in total. The zero-order chi connectivity index (χ0) is 19.4. The zero-order valence-corrected chi connectivity index (χ0v) is 14.3. The normalized spacial score (nSPS) is 10.7. The summed E-state index contributed by atoms with van der Waals surface area (Å²) in [5, 5.41) is 30.6. The van der Waals surface area contributed by atoms with Crippen LogP contribution in [0.4, 0.5) is 11.4 Å². The fourth-order valence-electron chi connectivity index (χ4n) is 2.41. The van der Waals surface area contributed by atoms with E-state index in [1.54, 1.807) is 13.0 Å². The number of nitriles is 1. The number of pyridine rings is 1. The van der Waals surface area contributed by atoms with Crippen molar-refractivity contribution in [2.45, 2.75) is 20.4 Å². The van der Waals surface area contributed by atoms with Crippen LogP contribution < -0.4 is 5.56 Å². The van der Waals surface area contributed by atoms with Crippen molar-refractivity contribution in [3.63, 3.8) is 0 Å². The number of aromatic hydroxyl groups is 1. The minimum atomic E-state index is -0.619. The van der Waals surface area contributed by atoms with Gasteiger partial charge in [-0.3, -0.25) is 24.5 Å². The average molecular weight is 352 g/mol. The summed E-state index contributed by atoms with van der Waals surface area (Å²) in [5.74, 6) is -0.349. The average Bonchev–Trinajstić information content (AvgIpc) is 2.60. The summed E-state index contributed by atoms with van der Waals surface area (Å²) < 4.78 is 1.01. The third kappa shape index (κ3) is 3.37. The summed E-state index contributed by atoms with van der Waals surface area (Å²) in [6, 6.07) is 6.08. The Bertz CT molecular complexity index is 1030. The van der Waals surface area contributed by atoms with Crippen LogP contribution in [0.5, 0.6) is 5.88 Å². The number of nitrogens with zero attached hydrogens (tertiary/aromatic N) is 4. The Balaban J connectivity index is 2.65. The van der Waals surface area contributed by atoms with Crippen molar-refractivity contribution in [1.29, 1.82) is 5.26 Å². The SMILES string of the molecule is C=CCn1c(O)c(C=Nc2cc([N+](=O)[O-])ccc2C)c(C)c(C#N)c1=O. The molecule has 0 unspecified atom stereocenters. The van der Waals surface area contributed by atoms with Crippen LogP contribution in [0, 0.1) is 35.3 Å². The lowest BCUT2D eigenvalue weighted by Gasteiger charge is -2.12. The number of nitro benzene ring substituents is 1. The molecule has 1 aromatic carbocycles. The fourth-order valence-corrected chi connectivity index (χ4v) is 2.41. The van der Waals surface area contributed by atoms with Gasteiger partial charge in [0.25, 0.3) is 11.2 Å². The van der Waals surface area contributed by atoms with Crippen LogP contribution >= 0.6 is 0 Å². The van der Waals surface area contributed by atoms with Gasteiger partial charge in [-0.25, -0.2) is 0 Å². The van der Waals surface area contributed by atoms with E-state index in [1.807, 2.05) is 6.07 Å². The third-order valence-corrected chi connectivity index (χ3v) is 3.89. The summed E-state index contributed by atoms with van der Waals surface area (Å²) >= 11 is 0. The third-order valence-electron chi connectivity index (χ3n) is 3.89. The Morgan fingerprint density at radius 1 is 1.46 bits per heavy atom. The molecule has 0 saturated heterocycles. The predicted octanol–water partition coefficient (Wildman–Crippen LogP) is 2.89. The first-order chi connectivity index (χ1) is 12.3. The highest BCUT2D eigenvalue weighted by Crippen LogP contribution is 2.26. The standard InChI is InChI=1S/C18H16N4O4/c1-4-7-21-17(23)14(9-19)12(3)15(18(21)24)10-20-16-8-13(22(25)26)6-5-11(16)2/h4-6,8,10,24H,1,7H2,2-3H3. The monoisotopic (exact) mass is 352 g/mol. The highest BCUT2D eigenvalue weighted by atomic mass is 16.6. The number of aryl methyl sites for hydroxylation is 1. The molecular weight excluding hydrogens is 336 g/mol. The van der Waals surface area contributed by atoms with Crippen LogP contribution in [0.2, 0.25) is 0 Å². The van der Waals surface area contributed by atoms with E-state index in [9.17, 15) is 25.3 Å². The first-order valence-electron chi connectivity index (χ1n) is 7.58. The molecule has 0 bridgehead atoms. The summed E-state index contributed by atoms with van der Waals surface area (Å²) in [6.45, 7) is 6.82. The number of hydrogen-bond donors (Lipinski definition) is 1. The number of non-ortho nitro benzene ring substituents is 1. The van der Waals surface area contributed by atoms with E-state index in [0.29, 0.717) is 11.3 Å². The second-order valence-electron chi connectivity index (χ2n) is 5.54. The van der Waals surface area contributed by atoms with E-state index in [4.69, 9.17) is 0 Å². The maximum Gasteiger partial charge on any atom is 0.271 e. The molecule has 0 spiro atoms. The molecule has 0 aliphatic heterocycles. The van der Waals surface area contributed by atoms with Crippen molar-refractivity contribution >= 4 is 17.6 Å². The van der Waals surface area contributed by atoms with Gasteiger partial charge in [-0.2, -0.15) is 5.26 Å². The second-order valence-corrected chi connectivity index (χ2v) is 5.54. The number of allylic oxidation sites excluding steroid dienone is 1. The van der Waals surface area contributed by atoms with Gasteiger partial charge in [-0.1, -0.05) is 12.1 Å². The number of benzene rings is 1. The fraction of sp³-hybridized carbons (Fsp3) is 0.167. The van der Waals surface area contributed by atoms with Gasteiger partial charge in [0.1, 0.15) is 11.6 Å². The Morgan fingerprint density at radius 2 is 2.15 bits per heavy atom. The summed E-state index contributed by atoms with van der Waals surface area (Å²) in [6.07, 6.45) is 2.71. The number of aromatic nitrogens is 1. The maximum absolute atomic E-state index is 12.2. The van der Waals surface area contributed by atoms with Crippen LogP contribution in [0.3, 0.4) is 0 Å². The van der Waals surface area contributed by atoms with E-state index >= 15 is 0 Å². The highest BCUT2D eigenvalue weighted by Gasteiger charge is 2.17. The highest BCUT2D eigenvalue weighted by molar-refractivity contribution is 5.87. The van der Waals surface area contributed by atoms with Gasteiger partial charge in [-0.15, -0.1) is 6.58 Å². The molecule has 0 amide bonds. The maximum atomic E-state index is 12.2. The molecular formula is C18H16N4O4. The molecule has 2 rings (SSSR count). The van der Waals surface area contributed by atoms with Crippen LogP contribution in [0.15, 0.2) is 40.6 Å². The molecule has 0 radical (unpaired) electrons. The van der Waals surface area contributed by atoms with Crippen LogP contribution in [-0.2, 0) is 6.54 Å². The molecule has 0 atom stereocenters. The quantitative estimate of drug-likeness (QED) is 0.384. The lowest BCUT2D eigenvalue weighted by molar-refractivity contribution is -0.384. The summed E-state index contributed by atoms with van der Waals surface area (Å²) in [4.78, 5) is 26.8. The van der Waals surface area contributed by atoms with Crippen molar-refractivity contribution in [1.82, 2.24) is 4.57 Å². The topological polar surface area (TPSA) is 122 Å². The van der Waals surface area contributed by atoms with Gasteiger partial charge in [0.2, 0.25) is 5.88 Å². The first-order valence-corrected chi connectivity index (χ1v) is 7.58. The smallest absolute Gasteiger partial charge is 0.271 e. The Labute approximate surface area is 149 Å².